The normalized spacial score (nSPS) is 14.2. The number of carbonyl (C=O) groups is 2. The summed E-state index contributed by atoms with van der Waals surface area (Å²) in [7, 11) is 0. The van der Waals surface area contributed by atoms with Crippen LogP contribution in [0.15, 0.2) is 36.4 Å². The van der Waals surface area contributed by atoms with Crippen molar-refractivity contribution >= 4 is 18.1 Å². The highest BCUT2D eigenvalue weighted by Crippen LogP contribution is 2.19. The average molecular weight is 353 g/mol. The molecule has 1 saturated heterocycles. The minimum atomic E-state index is -0.130. The number of amides is 2. The second-order valence-corrected chi connectivity index (χ2v) is 6.19. The number of nitrogens with one attached hydrogen (secondary N) is 1. The van der Waals surface area contributed by atoms with Crippen LogP contribution in [0.25, 0.3) is 11.4 Å². The summed E-state index contributed by atoms with van der Waals surface area (Å²) in [5.41, 5.74) is 1.24. The lowest BCUT2D eigenvalue weighted by Crippen LogP contribution is -2.48. The molecule has 1 fully saturated rings. The summed E-state index contributed by atoms with van der Waals surface area (Å²) in [6.45, 7) is 4.97. The average Bonchev–Trinajstić information content (AvgIpc) is 2.72. The Morgan fingerprint density at radius 1 is 1.15 bits per heavy atom. The topological polar surface area (TPSA) is 78.4 Å². The molecule has 0 spiro atoms. The highest BCUT2D eigenvalue weighted by atomic mass is 16.2. The summed E-state index contributed by atoms with van der Waals surface area (Å²) in [6, 6.07) is 11.3. The van der Waals surface area contributed by atoms with Gasteiger partial charge in [-0.25, -0.2) is 9.97 Å². The lowest BCUT2D eigenvalue weighted by molar-refractivity contribution is -0.119. The number of benzene rings is 1. The van der Waals surface area contributed by atoms with Gasteiger partial charge in [-0.05, 0) is 6.42 Å². The fraction of sp³-hybridized carbons (Fsp3) is 0.368. The molecule has 0 atom stereocenters. The van der Waals surface area contributed by atoms with Crippen LogP contribution in [0.1, 0.15) is 23.8 Å². The van der Waals surface area contributed by atoms with Gasteiger partial charge in [-0.2, -0.15) is 0 Å². The van der Waals surface area contributed by atoms with E-state index in [9.17, 15) is 9.59 Å². The molecule has 3 rings (SSSR count). The highest BCUT2D eigenvalue weighted by molar-refractivity contribution is 5.93. The number of hydrogen-bond donors (Lipinski definition) is 1. The van der Waals surface area contributed by atoms with Crippen LogP contribution in [0, 0.1) is 0 Å². The molecule has 0 saturated carbocycles. The lowest BCUT2D eigenvalue weighted by Gasteiger charge is -2.32. The maximum Gasteiger partial charge on any atom is 0.272 e. The van der Waals surface area contributed by atoms with E-state index in [1.54, 1.807) is 15.9 Å². The Balaban J connectivity index is 1.87. The molecule has 1 N–H and O–H groups in total. The van der Waals surface area contributed by atoms with Crippen LogP contribution in [0.5, 0.6) is 0 Å². The Hall–Kier alpha value is -2.96. The molecule has 1 aliphatic rings. The first-order valence-electron chi connectivity index (χ1n) is 8.88. The fourth-order valence-corrected chi connectivity index (χ4v) is 2.81. The second-order valence-electron chi connectivity index (χ2n) is 6.19. The van der Waals surface area contributed by atoms with Crippen LogP contribution in [0.4, 0.5) is 5.82 Å². The van der Waals surface area contributed by atoms with Crippen LogP contribution in [0.3, 0.4) is 0 Å². The maximum absolute atomic E-state index is 12.9. The predicted molar refractivity (Wildman–Crippen MR) is 99.8 cm³/mol. The van der Waals surface area contributed by atoms with Crippen molar-refractivity contribution in [2.75, 3.05) is 38.0 Å². The first-order valence-corrected chi connectivity index (χ1v) is 8.88. The minimum absolute atomic E-state index is 0.130. The molecular weight excluding hydrogens is 330 g/mol. The highest BCUT2D eigenvalue weighted by Gasteiger charge is 2.23. The Kier molecular flexibility index (Phi) is 5.78. The molecule has 2 heterocycles. The van der Waals surface area contributed by atoms with E-state index >= 15 is 0 Å². The standard InChI is InChI=1S/C19H23N5O2/c1-2-8-20-17-13-16(19(26)24-11-9-23(14-25)10-12-24)21-18(22-17)15-6-4-3-5-7-15/h3-7,13-14H,2,8-12H2,1H3,(H,20,21,22). The third kappa shape index (κ3) is 4.17. The Labute approximate surface area is 153 Å². The van der Waals surface area contributed by atoms with Gasteiger partial charge in [-0.1, -0.05) is 37.3 Å². The van der Waals surface area contributed by atoms with E-state index in [0.717, 1.165) is 24.9 Å². The molecule has 0 bridgehead atoms. The van der Waals surface area contributed by atoms with Gasteiger partial charge < -0.3 is 15.1 Å². The van der Waals surface area contributed by atoms with E-state index in [0.29, 0.717) is 43.5 Å². The second kappa shape index (κ2) is 8.42. The van der Waals surface area contributed by atoms with Gasteiger partial charge in [0, 0.05) is 44.4 Å². The molecule has 2 amide bonds. The first kappa shape index (κ1) is 17.8. The molecule has 0 aliphatic carbocycles. The molecule has 0 radical (unpaired) electrons. The predicted octanol–water partition coefficient (Wildman–Crippen LogP) is 1.88. The van der Waals surface area contributed by atoms with Crippen molar-refractivity contribution in [2.45, 2.75) is 13.3 Å². The number of nitrogens with zero attached hydrogens (tertiary/aromatic N) is 4. The smallest absolute Gasteiger partial charge is 0.272 e. The number of piperazine rings is 1. The Bertz CT molecular complexity index is 758. The van der Waals surface area contributed by atoms with Gasteiger partial charge in [0.2, 0.25) is 6.41 Å². The first-order chi connectivity index (χ1) is 12.7. The zero-order chi connectivity index (χ0) is 18.4. The van der Waals surface area contributed by atoms with Gasteiger partial charge in [-0.3, -0.25) is 9.59 Å². The van der Waals surface area contributed by atoms with Gasteiger partial charge in [0.05, 0.1) is 0 Å². The number of rotatable bonds is 6. The summed E-state index contributed by atoms with van der Waals surface area (Å²) >= 11 is 0. The van der Waals surface area contributed by atoms with Gasteiger partial charge in [-0.15, -0.1) is 0 Å². The molecule has 26 heavy (non-hydrogen) atoms. The van der Waals surface area contributed by atoms with Crippen molar-refractivity contribution in [3.63, 3.8) is 0 Å². The van der Waals surface area contributed by atoms with Gasteiger partial charge in [0.25, 0.3) is 5.91 Å². The number of aromatic nitrogens is 2. The van der Waals surface area contributed by atoms with E-state index in [4.69, 9.17) is 0 Å². The summed E-state index contributed by atoms with van der Waals surface area (Å²) in [4.78, 5) is 36.2. The molecule has 136 valence electrons. The van der Waals surface area contributed by atoms with Crippen molar-refractivity contribution in [3.8, 4) is 11.4 Å². The monoisotopic (exact) mass is 353 g/mol. The van der Waals surface area contributed by atoms with Gasteiger partial charge in [0.1, 0.15) is 11.5 Å². The van der Waals surface area contributed by atoms with Crippen molar-refractivity contribution < 1.29 is 9.59 Å². The van der Waals surface area contributed by atoms with E-state index in [2.05, 4.69) is 22.2 Å². The molecule has 7 nitrogen and oxygen atoms in total. The van der Waals surface area contributed by atoms with Crippen LogP contribution in [0.2, 0.25) is 0 Å². The summed E-state index contributed by atoms with van der Waals surface area (Å²) in [5, 5.41) is 3.24. The molecule has 1 aromatic heterocycles. The number of hydrogen-bond acceptors (Lipinski definition) is 5. The van der Waals surface area contributed by atoms with E-state index in [1.165, 1.54) is 0 Å². The molecular formula is C19H23N5O2. The Morgan fingerprint density at radius 2 is 1.88 bits per heavy atom. The summed E-state index contributed by atoms with van der Waals surface area (Å²) in [5.74, 6) is 1.05. The van der Waals surface area contributed by atoms with Gasteiger partial charge >= 0.3 is 0 Å². The molecule has 1 aliphatic heterocycles. The molecule has 1 aromatic carbocycles. The molecule has 7 heteroatoms. The molecule has 2 aromatic rings. The van der Waals surface area contributed by atoms with Crippen LogP contribution in [-0.4, -0.2) is 64.8 Å². The zero-order valence-electron chi connectivity index (χ0n) is 14.9. The van der Waals surface area contributed by atoms with Crippen LogP contribution >= 0.6 is 0 Å². The SMILES string of the molecule is CCCNc1cc(C(=O)N2CCN(C=O)CC2)nc(-c2ccccc2)n1. The summed E-state index contributed by atoms with van der Waals surface area (Å²) < 4.78 is 0. The zero-order valence-corrected chi connectivity index (χ0v) is 14.9. The third-order valence-electron chi connectivity index (χ3n) is 4.28. The summed E-state index contributed by atoms with van der Waals surface area (Å²) in [6.07, 6.45) is 1.79. The number of anilines is 1. The lowest BCUT2D eigenvalue weighted by atomic mass is 10.2. The third-order valence-corrected chi connectivity index (χ3v) is 4.28. The van der Waals surface area contributed by atoms with Crippen molar-refractivity contribution in [1.29, 1.82) is 0 Å². The van der Waals surface area contributed by atoms with Crippen LogP contribution in [-0.2, 0) is 4.79 Å². The van der Waals surface area contributed by atoms with Crippen molar-refractivity contribution in [2.24, 2.45) is 0 Å². The van der Waals surface area contributed by atoms with Crippen LogP contribution < -0.4 is 5.32 Å². The Morgan fingerprint density at radius 3 is 2.54 bits per heavy atom. The van der Waals surface area contributed by atoms with E-state index < -0.39 is 0 Å². The minimum Gasteiger partial charge on any atom is -0.370 e. The maximum atomic E-state index is 12.9. The quantitative estimate of drug-likeness (QED) is 0.802. The fourth-order valence-electron chi connectivity index (χ4n) is 2.81. The molecule has 0 unspecified atom stereocenters. The van der Waals surface area contributed by atoms with Crippen molar-refractivity contribution in [3.05, 3.63) is 42.1 Å². The van der Waals surface area contributed by atoms with Crippen molar-refractivity contribution in [1.82, 2.24) is 19.8 Å². The largest absolute Gasteiger partial charge is 0.370 e. The van der Waals surface area contributed by atoms with E-state index in [-0.39, 0.29) is 5.91 Å². The number of carbonyl (C=O) groups excluding carboxylic acids is 2. The van der Waals surface area contributed by atoms with E-state index in [1.807, 2.05) is 30.3 Å². The van der Waals surface area contributed by atoms with Gasteiger partial charge in [0.15, 0.2) is 5.82 Å².